The number of hydrogen-bond acceptors (Lipinski definition) is 4. The van der Waals surface area contributed by atoms with Gasteiger partial charge in [0.15, 0.2) is 0 Å². The Labute approximate surface area is 101 Å². The number of halogens is 3. The molecule has 98 valence electrons. The van der Waals surface area contributed by atoms with Gasteiger partial charge in [0, 0.05) is 6.08 Å². The molecule has 1 rings (SSSR count). The number of pyridine rings is 1. The number of carbonyl (C=O) groups is 1. The topological polar surface area (TPSA) is 48.4 Å². The number of aromatic nitrogens is 1. The molecule has 0 radical (unpaired) electrons. The van der Waals surface area contributed by atoms with Crippen LogP contribution in [0.15, 0.2) is 24.4 Å². The van der Waals surface area contributed by atoms with Gasteiger partial charge in [0.25, 0.3) is 0 Å². The number of alkyl halides is 3. The Morgan fingerprint density at radius 1 is 1.44 bits per heavy atom. The fourth-order valence-electron chi connectivity index (χ4n) is 1.03. The third kappa shape index (κ3) is 5.33. The van der Waals surface area contributed by atoms with E-state index in [0.717, 1.165) is 18.3 Å². The highest BCUT2D eigenvalue weighted by Gasteiger charge is 2.31. The summed E-state index contributed by atoms with van der Waals surface area (Å²) in [6.07, 6.45) is -1.37. The first-order chi connectivity index (χ1) is 8.40. The highest BCUT2D eigenvalue weighted by molar-refractivity contribution is 5.86. The maximum atomic E-state index is 11.9. The molecular formula is C11H10F3NO3. The monoisotopic (exact) mass is 261 g/mol. The molecule has 1 aromatic heterocycles. The van der Waals surface area contributed by atoms with Gasteiger partial charge in [0.2, 0.25) is 0 Å². The molecular weight excluding hydrogens is 251 g/mol. The Balaban J connectivity index is 2.63. The number of ether oxygens (including phenoxy) is 2. The van der Waals surface area contributed by atoms with Crippen molar-refractivity contribution in [2.24, 2.45) is 0 Å². The average molecular weight is 261 g/mol. The van der Waals surface area contributed by atoms with Crippen molar-refractivity contribution in [2.45, 2.75) is 13.3 Å². The van der Waals surface area contributed by atoms with Crippen LogP contribution in [0.3, 0.4) is 0 Å². The second-order valence-corrected chi connectivity index (χ2v) is 3.05. The van der Waals surface area contributed by atoms with Crippen LogP contribution in [-0.2, 0) is 9.53 Å². The van der Waals surface area contributed by atoms with Crippen LogP contribution in [0.4, 0.5) is 13.2 Å². The molecule has 0 N–H and O–H groups in total. The molecule has 0 spiro atoms. The lowest BCUT2D eigenvalue weighted by atomic mass is 10.3. The summed E-state index contributed by atoms with van der Waals surface area (Å²) in [4.78, 5) is 14.6. The zero-order valence-corrected chi connectivity index (χ0v) is 9.40. The summed E-state index contributed by atoms with van der Waals surface area (Å²) in [6.45, 7) is 1.90. The second kappa shape index (κ2) is 6.04. The predicted molar refractivity (Wildman–Crippen MR) is 56.6 cm³/mol. The van der Waals surface area contributed by atoms with Crippen molar-refractivity contribution >= 4 is 12.0 Å². The first kappa shape index (κ1) is 14.0. The standard InChI is InChI=1S/C11H10F3NO3/c1-2-17-10(16)6-4-8-3-5-9(7-15-8)18-11(12,13)14/h3-7H,2H2,1H3/b6-4+. The van der Waals surface area contributed by atoms with Crippen LogP contribution in [-0.4, -0.2) is 23.9 Å². The maximum Gasteiger partial charge on any atom is 0.573 e. The van der Waals surface area contributed by atoms with Crippen molar-refractivity contribution in [2.75, 3.05) is 6.61 Å². The van der Waals surface area contributed by atoms with E-state index in [0.29, 0.717) is 5.69 Å². The summed E-state index contributed by atoms with van der Waals surface area (Å²) in [5.74, 6) is -0.967. The summed E-state index contributed by atoms with van der Waals surface area (Å²) < 4.78 is 43.8. The van der Waals surface area contributed by atoms with Gasteiger partial charge < -0.3 is 9.47 Å². The van der Waals surface area contributed by atoms with E-state index in [1.165, 1.54) is 12.1 Å². The molecule has 0 aliphatic carbocycles. The van der Waals surface area contributed by atoms with Gasteiger partial charge >= 0.3 is 12.3 Å². The molecule has 18 heavy (non-hydrogen) atoms. The van der Waals surface area contributed by atoms with Crippen LogP contribution in [0.2, 0.25) is 0 Å². The highest BCUT2D eigenvalue weighted by Crippen LogP contribution is 2.21. The van der Waals surface area contributed by atoms with Gasteiger partial charge in [0.1, 0.15) is 5.75 Å². The largest absolute Gasteiger partial charge is 0.573 e. The minimum Gasteiger partial charge on any atom is -0.463 e. The lowest BCUT2D eigenvalue weighted by molar-refractivity contribution is -0.274. The number of nitrogens with zero attached hydrogens (tertiary/aromatic N) is 1. The molecule has 0 atom stereocenters. The number of esters is 1. The van der Waals surface area contributed by atoms with Crippen molar-refractivity contribution in [1.82, 2.24) is 4.98 Å². The summed E-state index contributed by atoms with van der Waals surface area (Å²) in [5.41, 5.74) is 0.317. The van der Waals surface area contributed by atoms with Gasteiger partial charge in [-0.2, -0.15) is 0 Å². The SMILES string of the molecule is CCOC(=O)/C=C/c1ccc(OC(F)(F)F)cn1. The molecule has 0 aromatic carbocycles. The molecule has 1 aromatic rings. The molecule has 1 heterocycles. The van der Waals surface area contributed by atoms with Gasteiger partial charge in [-0.15, -0.1) is 13.2 Å². The number of carbonyl (C=O) groups excluding carboxylic acids is 1. The highest BCUT2D eigenvalue weighted by atomic mass is 19.4. The van der Waals surface area contributed by atoms with E-state index in [-0.39, 0.29) is 6.61 Å². The zero-order valence-electron chi connectivity index (χ0n) is 9.40. The average Bonchev–Trinajstić information content (AvgIpc) is 2.26. The van der Waals surface area contributed by atoms with Crippen molar-refractivity contribution < 1.29 is 27.4 Å². The van der Waals surface area contributed by atoms with E-state index < -0.39 is 18.1 Å². The molecule has 0 saturated heterocycles. The van der Waals surface area contributed by atoms with Gasteiger partial charge in [-0.1, -0.05) is 0 Å². The lowest BCUT2D eigenvalue weighted by Gasteiger charge is -2.07. The minimum atomic E-state index is -4.75. The Kier molecular flexibility index (Phi) is 4.70. The van der Waals surface area contributed by atoms with Crippen molar-refractivity contribution in [3.05, 3.63) is 30.1 Å². The summed E-state index contributed by atoms with van der Waals surface area (Å²) in [6, 6.07) is 2.39. The Hall–Kier alpha value is -2.05. The van der Waals surface area contributed by atoms with Crippen LogP contribution in [0.25, 0.3) is 6.08 Å². The summed E-state index contributed by atoms with van der Waals surface area (Å²) in [7, 11) is 0. The molecule has 4 nitrogen and oxygen atoms in total. The van der Waals surface area contributed by atoms with Crippen LogP contribution in [0.1, 0.15) is 12.6 Å². The summed E-state index contributed by atoms with van der Waals surface area (Å²) >= 11 is 0. The molecule has 0 aliphatic rings. The molecule has 0 aliphatic heterocycles. The Bertz CT molecular complexity index is 426. The second-order valence-electron chi connectivity index (χ2n) is 3.05. The van der Waals surface area contributed by atoms with E-state index in [4.69, 9.17) is 0 Å². The van der Waals surface area contributed by atoms with Crippen LogP contribution in [0.5, 0.6) is 5.75 Å². The van der Waals surface area contributed by atoms with E-state index in [9.17, 15) is 18.0 Å². The van der Waals surface area contributed by atoms with E-state index >= 15 is 0 Å². The van der Waals surface area contributed by atoms with Crippen molar-refractivity contribution in [3.8, 4) is 5.75 Å². The normalized spacial score (nSPS) is 11.6. The van der Waals surface area contributed by atoms with Gasteiger partial charge in [0.05, 0.1) is 18.5 Å². The fraction of sp³-hybridized carbons (Fsp3) is 0.273. The first-order valence-electron chi connectivity index (χ1n) is 4.97. The molecule has 0 bridgehead atoms. The fourth-order valence-corrected chi connectivity index (χ4v) is 1.03. The number of rotatable bonds is 4. The van der Waals surface area contributed by atoms with Crippen LogP contribution >= 0.6 is 0 Å². The van der Waals surface area contributed by atoms with E-state index in [2.05, 4.69) is 14.5 Å². The molecule has 0 fully saturated rings. The van der Waals surface area contributed by atoms with Gasteiger partial charge in [-0.05, 0) is 25.1 Å². The van der Waals surface area contributed by atoms with E-state index in [1.807, 2.05) is 0 Å². The van der Waals surface area contributed by atoms with Gasteiger partial charge in [-0.3, -0.25) is 4.98 Å². The van der Waals surface area contributed by atoms with Crippen LogP contribution in [0, 0.1) is 0 Å². The molecule has 7 heteroatoms. The first-order valence-corrected chi connectivity index (χ1v) is 4.97. The maximum absolute atomic E-state index is 11.9. The van der Waals surface area contributed by atoms with Gasteiger partial charge in [-0.25, -0.2) is 4.79 Å². The third-order valence-corrected chi connectivity index (χ3v) is 1.67. The molecule has 0 amide bonds. The third-order valence-electron chi connectivity index (χ3n) is 1.67. The van der Waals surface area contributed by atoms with Crippen molar-refractivity contribution in [3.63, 3.8) is 0 Å². The smallest absolute Gasteiger partial charge is 0.463 e. The lowest BCUT2D eigenvalue weighted by Crippen LogP contribution is -2.17. The Morgan fingerprint density at radius 2 is 2.17 bits per heavy atom. The van der Waals surface area contributed by atoms with E-state index in [1.54, 1.807) is 6.92 Å². The Morgan fingerprint density at radius 3 is 2.67 bits per heavy atom. The van der Waals surface area contributed by atoms with Crippen LogP contribution < -0.4 is 4.74 Å². The molecule has 0 saturated carbocycles. The minimum absolute atomic E-state index is 0.245. The number of hydrogen-bond donors (Lipinski definition) is 0. The predicted octanol–water partition coefficient (Wildman–Crippen LogP) is 2.56. The van der Waals surface area contributed by atoms with Crippen molar-refractivity contribution in [1.29, 1.82) is 0 Å². The summed E-state index contributed by atoms with van der Waals surface area (Å²) in [5, 5.41) is 0. The zero-order chi connectivity index (χ0) is 13.6. The molecule has 0 unspecified atom stereocenters. The quantitative estimate of drug-likeness (QED) is 0.617.